The van der Waals surface area contributed by atoms with Gasteiger partial charge in [0.25, 0.3) is 0 Å². The summed E-state index contributed by atoms with van der Waals surface area (Å²) in [4.78, 5) is 11.2. The van der Waals surface area contributed by atoms with Crippen LogP contribution in [0.2, 0.25) is 0 Å². The molecule has 0 saturated heterocycles. The van der Waals surface area contributed by atoms with Crippen molar-refractivity contribution in [3.63, 3.8) is 0 Å². The van der Waals surface area contributed by atoms with Gasteiger partial charge >= 0.3 is 0 Å². The molecule has 0 unspecified atom stereocenters. The highest BCUT2D eigenvalue weighted by atomic mass is 16.5. The first-order valence-electron chi connectivity index (χ1n) is 5.37. The summed E-state index contributed by atoms with van der Waals surface area (Å²) in [6.45, 7) is 3.51. The van der Waals surface area contributed by atoms with Crippen LogP contribution >= 0.6 is 0 Å². The van der Waals surface area contributed by atoms with Gasteiger partial charge in [-0.1, -0.05) is 18.2 Å². The van der Waals surface area contributed by atoms with Crippen molar-refractivity contribution in [2.45, 2.75) is 13.5 Å². The summed E-state index contributed by atoms with van der Waals surface area (Å²) in [6, 6.07) is 7.75. The second kappa shape index (κ2) is 6.85. The highest BCUT2D eigenvalue weighted by Crippen LogP contribution is 2.16. The Morgan fingerprint density at radius 2 is 2.12 bits per heavy atom. The van der Waals surface area contributed by atoms with Crippen LogP contribution in [0.5, 0.6) is 5.75 Å². The van der Waals surface area contributed by atoms with Crippen LogP contribution in [-0.2, 0) is 11.3 Å². The average Bonchev–Trinajstić information content (AvgIpc) is 2.30. The summed E-state index contributed by atoms with van der Waals surface area (Å²) >= 11 is 0. The van der Waals surface area contributed by atoms with Crippen molar-refractivity contribution in [1.29, 1.82) is 0 Å². The monoisotopic (exact) mass is 222 g/mol. The fourth-order valence-corrected chi connectivity index (χ4v) is 1.42. The van der Waals surface area contributed by atoms with Crippen molar-refractivity contribution in [2.24, 2.45) is 0 Å². The Bertz CT molecular complexity index is 340. The van der Waals surface area contributed by atoms with Gasteiger partial charge in [0.1, 0.15) is 5.75 Å². The summed E-state index contributed by atoms with van der Waals surface area (Å²) in [7, 11) is 1.64. The van der Waals surface area contributed by atoms with Gasteiger partial charge in [0, 0.05) is 18.7 Å². The number of amides is 1. The molecule has 1 aromatic carbocycles. The third-order valence-corrected chi connectivity index (χ3v) is 2.17. The van der Waals surface area contributed by atoms with Gasteiger partial charge in [-0.15, -0.1) is 0 Å². The van der Waals surface area contributed by atoms with Crippen LogP contribution in [0.3, 0.4) is 0 Å². The minimum Gasteiger partial charge on any atom is -0.496 e. The Morgan fingerprint density at radius 3 is 2.81 bits per heavy atom. The second-order valence-electron chi connectivity index (χ2n) is 3.37. The van der Waals surface area contributed by atoms with Crippen LogP contribution in [0, 0.1) is 0 Å². The molecule has 88 valence electrons. The Morgan fingerprint density at radius 1 is 1.38 bits per heavy atom. The van der Waals surface area contributed by atoms with E-state index in [1.54, 1.807) is 7.11 Å². The van der Waals surface area contributed by atoms with Crippen molar-refractivity contribution < 1.29 is 9.53 Å². The lowest BCUT2D eigenvalue weighted by atomic mass is 10.2. The van der Waals surface area contributed by atoms with E-state index in [2.05, 4.69) is 10.6 Å². The molecule has 16 heavy (non-hydrogen) atoms. The number of carbonyl (C=O) groups excluding carboxylic acids is 1. The lowest BCUT2D eigenvalue weighted by Gasteiger charge is -2.09. The van der Waals surface area contributed by atoms with Crippen LogP contribution in [0.1, 0.15) is 12.5 Å². The van der Waals surface area contributed by atoms with Crippen molar-refractivity contribution >= 4 is 5.91 Å². The first-order valence-corrected chi connectivity index (χ1v) is 5.37. The highest BCUT2D eigenvalue weighted by molar-refractivity contribution is 5.77. The molecule has 0 aromatic heterocycles. The molecule has 0 aliphatic rings. The predicted molar refractivity (Wildman–Crippen MR) is 63.4 cm³/mol. The van der Waals surface area contributed by atoms with Gasteiger partial charge in [0.2, 0.25) is 5.91 Å². The quantitative estimate of drug-likeness (QED) is 0.752. The first kappa shape index (κ1) is 12.5. The molecule has 0 fully saturated rings. The topological polar surface area (TPSA) is 50.4 Å². The van der Waals surface area contributed by atoms with Crippen molar-refractivity contribution in [2.75, 3.05) is 20.2 Å². The van der Waals surface area contributed by atoms with Gasteiger partial charge < -0.3 is 15.4 Å². The number of carbonyl (C=O) groups is 1. The van der Waals surface area contributed by atoms with E-state index in [9.17, 15) is 4.79 Å². The summed E-state index contributed by atoms with van der Waals surface area (Å²) < 4.78 is 5.21. The predicted octanol–water partition coefficient (Wildman–Crippen LogP) is 0.921. The number of hydrogen-bond donors (Lipinski definition) is 2. The van der Waals surface area contributed by atoms with Crippen LogP contribution in [-0.4, -0.2) is 26.1 Å². The lowest BCUT2D eigenvalue weighted by Crippen LogP contribution is -2.33. The molecule has 4 heteroatoms. The molecular weight excluding hydrogens is 204 g/mol. The number of likely N-dealkylation sites (N-methyl/N-ethyl adjacent to an activating group) is 1. The fraction of sp³-hybridized carbons (Fsp3) is 0.417. The van der Waals surface area contributed by atoms with E-state index in [1.165, 1.54) is 0 Å². The third-order valence-electron chi connectivity index (χ3n) is 2.17. The molecule has 2 N–H and O–H groups in total. The van der Waals surface area contributed by atoms with Crippen molar-refractivity contribution in [3.8, 4) is 5.75 Å². The van der Waals surface area contributed by atoms with E-state index >= 15 is 0 Å². The van der Waals surface area contributed by atoms with Crippen molar-refractivity contribution in [1.82, 2.24) is 10.6 Å². The van der Waals surface area contributed by atoms with Crippen LogP contribution in [0.4, 0.5) is 0 Å². The normalized spacial score (nSPS) is 9.88. The Labute approximate surface area is 96.0 Å². The van der Waals surface area contributed by atoms with Gasteiger partial charge in [0.05, 0.1) is 13.7 Å². The molecule has 0 atom stereocenters. The molecule has 0 spiro atoms. The molecule has 0 aliphatic carbocycles. The average molecular weight is 222 g/mol. The minimum absolute atomic E-state index is 0.0115. The maximum atomic E-state index is 11.2. The van der Waals surface area contributed by atoms with Crippen molar-refractivity contribution in [3.05, 3.63) is 29.8 Å². The highest BCUT2D eigenvalue weighted by Gasteiger charge is 2.02. The maximum absolute atomic E-state index is 11.2. The van der Waals surface area contributed by atoms with E-state index in [1.807, 2.05) is 31.2 Å². The number of hydrogen-bond acceptors (Lipinski definition) is 3. The molecule has 0 heterocycles. The van der Waals surface area contributed by atoms with E-state index in [-0.39, 0.29) is 5.91 Å². The zero-order valence-electron chi connectivity index (χ0n) is 9.75. The summed E-state index contributed by atoms with van der Waals surface area (Å²) in [6.07, 6.45) is 0. The zero-order valence-corrected chi connectivity index (χ0v) is 9.75. The third kappa shape index (κ3) is 3.90. The molecule has 0 bridgehead atoms. The zero-order chi connectivity index (χ0) is 11.8. The lowest BCUT2D eigenvalue weighted by molar-refractivity contribution is -0.120. The van der Waals surface area contributed by atoms with Crippen LogP contribution < -0.4 is 15.4 Å². The van der Waals surface area contributed by atoms with Gasteiger partial charge in [-0.3, -0.25) is 4.79 Å². The van der Waals surface area contributed by atoms with E-state index in [0.29, 0.717) is 19.6 Å². The van der Waals surface area contributed by atoms with Gasteiger partial charge in [-0.05, 0) is 13.0 Å². The molecular formula is C12H18N2O2. The number of benzene rings is 1. The van der Waals surface area contributed by atoms with Crippen LogP contribution in [0.15, 0.2) is 24.3 Å². The Balaban J connectivity index is 2.39. The largest absolute Gasteiger partial charge is 0.496 e. The molecule has 4 nitrogen and oxygen atoms in total. The maximum Gasteiger partial charge on any atom is 0.233 e. The fourth-order valence-electron chi connectivity index (χ4n) is 1.42. The SMILES string of the molecule is CCNC(=O)CNCc1ccccc1OC. The van der Waals surface area contributed by atoms with Crippen LogP contribution in [0.25, 0.3) is 0 Å². The van der Waals surface area contributed by atoms with Gasteiger partial charge in [-0.25, -0.2) is 0 Å². The Kier molecular flexibility index (Phi) is 5.36. The summed E-state index contributed by atoms with van der Waals surface area (Å²) in [5.41, 5.74) is 1.05. The molecule has 1 amide bonds. The van der Waals surface area contributed by atoms with E-state index in [4.69, 9.17) is 4.74 Å². The second-order valence-corrected chi connectivity index (χ2v) is 3.37. The summed E-state index contributed by atoms with van der Waals surface area (Å²) in [5.74, 6) is 0.850. The molecule has 1 aromatic rings. The van der Waals surface area contributed by atoms with E-state index in [0.717, 1.165) is 11.3 Å². The number of methoxy groups -OCH3 is 1. The van der Waals surface area contributed by atoms with Gasteiger partial charge in [-0.2, -0.15) is 0 Å². The molecule has 1 rings (SSSR count). The molecule has 0 aliphatic heterocycles. The minimum atomic E-state index is 0.0115. The number of nitrogens with one attached hydrogen (secondary N) is 2. The smallest absolute Gasteiger partial charge is 0.233 e. The number of rotatable bonds is 6. The number of para-hydroxylation sites is 1. The molecule has 0 saturated carbocycles. The summed E-state index contributed by atoms with van der Waals surface area (Å²) in [5, 5.41) is 5.80. The standard InChI is InChI=1S/C12H18N2O2/c1-3-14-12(15)9-13-8-10-6-4-5-7-11(10)16-2/h4-7,13H,3,8-9H2,1-2H3,(H,14,15). The first-order chi connectivity index (χ1) is 7.77. The van der Waals surface area contributed by atoms with Gasteiger partial charge in [0.15, 0.2) is 0 Å². The molecule has 0 radical (unpaired) electrons. The Hall–Kier alpha value is -1.55. The number of ether oxygens (including phenoxy) is 1. The van der Waals surface area contributed by atoms with E-state index < -0.39 is 0 Å².